The zero-order chi connectivity index (χ0) is 19.2. The molecule has 0 spiro atoms. The number of ether oxygens (including phenoxy) is 1. The second-order valence-electron chi connectivity index (χ2n) is 7.09. The molecule has 3 aromatic rings. The third-order valence-corrected chi connectivity index (χ3v) is 4.78. The number of H-pyrrole nitrogens is 1. The van der Waals surface area contributed by atoms with E-state index in [0.717, 1.165) is 34.7 Å². The summed E-state index contributed by atoms with van der Waals surface area (Å²) in [6.45, 7) is 3.89. The van der Waals surface area contributed by atoms with Gasteiger partial charge in [0, 0.05) is 29.2 Å². The second kappa shape index (κ2) is 8.73. The third kappa shape index (κ3) is 4.89. The van der Waals surface area contributed by atoms with Crippen LogP contribution in [0.4, 0.5) is 0 Å². The average molecular weight is 366 g/mol. The summed E-state index contributed by atoms with van der Waals surface area (Å²) in [7, 11) is 3.71. The van der Waals surface area contributed by atoms with Crippen molar-refractivity contribution in [3.05, 3.63) is 65.4 Å². The summed E-state index contributed by atoms with van der Waals surface area (Å²) >= 11 is 0. The molecule has 0 aliphatic heterocycles. The minimum Gasteiger partial charge on any atom is -0.496 e. The Balaban J connectivity index is 1.48. The summed E-state index contributed by atoms with van der Waals surface area (Å²) in [5.41, 5.74) is 4.69. The molecule has 0 aliphatic carbocycles. The topological polar surface area (TPSA) is 58.6 Å². The zero-order valence-electron chi connectivity index (χ0n) is 16.3. The van der Waals surface area contributed by atoms with Crippen LogP contribution in [0.2, 0.25) is 0 Å². The Morgan fingerprint density at radius 1 is 1.19 bits per heavy atom. The van der Waals surface area contributed by atoms with Gasteiger partial charge in [0.25, 0.3) is 5.91 Å². The molecule has 1 unspecified atom stereocenters. The van der Waals surface area contributed by atoms with E-state index in [0.29, 0.717) is 13.1 Å². The number of hydrogen-bond donors (Lipinski definition) is 3. The maximum absolute atomic E-state index is 12.3. The number of amides is 1. The number of methoxy groups -OCH3 is 1. The summed E-state index contributed by atoms with van der Waals surface area (Å²) in [6.07, 6.45) is 2.85. The van der Waals surface area contributed by atoms with E-state index in [9.17, 15) is 4.79 Å². The minimum atomic E-state index is 0.0685. The smallest absolute Gasteiger partial charge is 0.275 e. The number of likely N-dealkylation sites (N-methyl/N-ethyl adjacent to an activating group) is 1. The Labute approximate surface area is 160 Å². The van der Waals surface area contributed by atoms with E-state index in [1.807, 2.05) is 37.5 Å². The van der Waals surface area contributed by atoms with Gasteiger partial charge in [-0.25, -0.2) is 0 Å². The van der Waals surface area contributed by atoms with Gasteiger partial charge in [0.05, 0.1) is 14.2 Å². The van der Waals surface area contributed by atoms with E-state index in [1.54, 1.807) is 7.11 Å². The van der Waals surface area contributed by atoms with Crippen molar-refractivity contribution >= 4 is 16.8 Å². The molecule has 0 saturated heterocycles. The molecular formula is C22H28N3O2+. The summed E-state index contributed by atoms with van der Waals surface area (Å²) in [5.74, 6) is 0.943. The lowest BCUT2D eigenvalue weighted by molar-refractivity contribution is -0.885. The van der Waals surface area contributed by atoms with Gasteiger partial charge in [-0.2, -0.15) is 0 Å². The maximum Gasteiger partial charge on any atom is 0.275 e. The van der Waals surface area contributed by atoms with Crippen LogP contribution in [0.5, 0.6) is 5.75 Å². The highest BCUT2D eigenvalue weighted by Crippen LogP contribution is 2.19. The summed E-state index contributed by atoms with van der Waals surface area (Å²) < 4.78 is 5.43. The van der Waals surface area contributed by atoms with Crippen molar-refractivity contribution in [1.29, 1.82) is 0 Å². The van der Waals surface area contributed by atoms with E-state index in [2.05, 4.69) is 35.4 Å². The highest BCUT2D eigenvalue weighted by molar-refractivity contribution is 5.83. The van der Waals surface area contributed by atoms with Gasteiger partial charge in [0.1, 0.15) is 12.3 Å². The second-order valence-corrected chi connectivity index (χ2v) is 7.09. The Bertz CT molecular complexity index is 917. The molecule has 3 rings (SSSR count). The van der Waals surface area contributed by atoms with Crippen LogP contribution in [-0.2, 0) is 17.8 Å². The normalized spacial score (nSPS) is 12.1. The molecule has 1 atom stereocenters. The van der Waals surface area contributed by atoms with Gasteiger partial charge in [-0.05, 0) is 37.1 Å². The molecule has 1 amide bonds. The van der Waals surface area contributed by atoms with Gasteiger partial charge in [-0.1, -0.05) is 29.8 Å². The van der Waals surface area contributed by atoms with Gasteiger partial charge in [-0.3, -0.25) is 4.79 Å². The number of aryl methyl sites for hydroxylation is 1. The van der Waals surface area contributed by atoms with Crippen LogP contribution in [0, 0.1) is 6.92 Å². The van der Waals surface area contributed by atoms with Crippen LogP contribution in [0.25, 0.3) is 10.9 Å². The van der Waals surface area contributed by atoms with Crippen molar-refractivity contribution in [1.82, 2.24) is 10.3 Å². The fourth-order valence-electron chi connectivity index (χ4n) is 3.44. The van der Waals surface area contributed by atoms with E-state index in [-0.39, 0.29) is 5.91 Å². The molecule has 5 heteroatoms. The number of aromatic nitrogens is 1. The number of hydrogen-bond acceptors (Lipinski definition) is 2. The van der Waals surface area contributed by atoms with E-state index < -0.39 is 0 Å². The SMILES string of the molecule is COc1ccc(C)cc1C[NH+](C)CC(=O)NCCc1c[nH]c2ccccc12. The lowest BCUT2D eigenvalue weighted by Gasteiger charge is -2.16. The molecule has 0 radical (unpaired) electrons. The van der Waals surface area contributed by atoms with Crippen molar-refractivity contribution in [2.45, 2.75) is 19.9 Å². The fraction of sp³-hybridized carbons (Fsp3) is 0.318. The number of fused-ring (bicyclic) bond motifs is 1. The van der Waals surface area contributed by atoms with E-state index >= 15 is 0 Å². The Morgan fingerprint density at radius 3 is 2.81 bits per heavy atom. The minimum absolute atomic E-state index is 0.0685. The number of aromatic amines is 1. The summed E-state index contributed by atoms with van der Waals surface area (Å²) in [6, 6.07) is 14.4. The van der Waals surface area contributed by atoms with Crippen molar-refractivity contribution in [2.75, 3.05) is 27.2 Å². The first-order valence-corrected chi connectivity index (χ1v) is 9.33. The monoisotopic (exact) mass is 366 g/mol. The largest absolute Gasteiger partial charge is 0.496 e. The predicted octanol–water partition coefficient (Wildman–Crippen LogP) is 1.86. The van der Waals surface area contributed by atoms with Crippen LogP contribution in [-0.4, -0.2) is 38.1 Å². The van der Waals surface area contributed by atoms with E-state index in [1.165, 1.54) is 16.5 Å². The Hall–Kier alpha value is -2.79. The number of quaternary nitrogens is 1. The first-order chi connectivity index (χ1) is 13.1. The van der Waals surface area contributed by atoms with Gasteiger partial charge < -0.3 is 19.9 Å². The molecule has 1 heterocycles. The molecule has 142 valence electrons. The van der Waals surface area contributed by atoms with Crippen LogP contribution in [0.3, 0.4) is 0 Å². The van der Waals surface area contributed by atoms with Crippen molar-refractivity contribution < 1.29 is 14.4 Å². The van der Waals surface area contributed by atoms with Crippen LogP contribution in [0.1, 0.15) is 16.7 Å². The number of benzene rings is 2. The lowest BCUT2D eigenvalue weighted by atomic mass is 10.1. The standard InChI is InChI=1S/C22H27N3O2/c1-16-8-9-21(27-3)18(12-16)14-25(2)15-22(26)23-11-10-17-13-24-20-7-5-4-6-19(17)20/h4-9,12-13,24H,10-11,14-15H2,1-3H3,(H,23,26)/p+1. The number of para-hydroxylation sites is 1. The van der Waals surface area contributed by atoms with Gasteiger partial charge in [-0.15, -0.1) is 0 Å². The molecule has 0 bridgehead atoms. The van der Waals surface area contributed by atoms with Crippen molar-refractivity contribution in [3.63, 3.8) is 0 Å². The van der Waals surface area contributed by atoms with Gasteiger partial charge in [0.2, 0.25) is 0 Å². The molecule has 1 aromatic heterocycles. The number of carbonyl (C=O) groups excluding carboxylic acids is 1. The Morgan fingerprint density at radius 2 is 2.00 bits per heavy atom. The van der Waals surface area contributed by atoms with Crippen LogP contribution in [0.15, 0.2) is 48.7 Å². The van der Waals surface area contributed by atoms with Gasteiger partial charge >= 0.3 is 0 Å². The van der Waals surface area contributed by atoms with Crippen LogP contribution < -0.4 is 15.0 Å². The molecule has 5 nitrogen and oxygen atoms in total. The summed E-state index contributed by atoms with van der Waals surface area (Å²) in [4.78, 5) is 16.7. The van der Waals surface area contributed by atoms with Crippen molar-refractivity contribution in [2.24, 2.45) is 0 Å². The number of carbonyl (C=O) groups is 1. The third-order valence-electron chi connectivity index (χ3n) is 4.78. The molecular weight excluding hydrogens is 338 g/mol. The number of rotatable bonds is 8. The van der Waals surface area contributed by atoms with Crippen LogP contribution >= 0.6 is 0 Å². The zero-order valence-corrected chi connectivity index (χ0v) is 16.3. The highest BCUT2D eigenvalue weighted by atomic mass is 16.5. The van der Waals surface area contributed by atoms with Gasteiger partial charge in [0.15, 0.2) is 6.54 Å². The molecule has 3 N–H and O–H groups in total. The lowest BCUT2D eigenvalue weighted by Crippen LogP contribution is -3.08. The molecule has 2 aromatic carbocycles. The quantitative estimate of drug-likeness (QED) is 0.570. The first-order valence-electron chi connectivity index (χ1n) is 9.33. The number of nitrogens with one attached hydrogen (secondary N) is 3. The van der Waals surface area contributed by atoms with E-state index in [4.69, 9.17) is 4.74 Å². The summed E-state index contributed by atoms with van der Waals surface area (Å²) in [5, 5.41) is 4.26. The fourth-order valence-corrected chi connectivity index (χ4v) is 3.44. The molecule has 0 fully saturated rings. The first kappa shape index (κ1) is 19.0. The van der Waals surface area contributed by atoms with Crippen molar-refractivity contribution in [3.8, 4) is 5.75 Å². The average Bonchev–Trinajstić information content (AvgIpc) is 3.05. The molecule has 27 heavy (non-hydrogen) atoms. The Kier molecular flexibility index (Phi) is 6.14. The predicted molar refractivity (Wildman–Crippen MR) is 108 cm³/mol. The highest BCUT2D eigenvalue weighted by Gasteiger charge is 2.13. The molecule has 0 saturated carbocycles. The molecule has 0 aliphatic rings. The maximum atomic E-state index is 12.3.